The standard InChI is InChI=1S/C51H92N8O20/c1-39(2)48(50(66)52-5)56-42(60)9-13-68-17-21-72-25-29-76-33-35-78-31-27-74-23-19-70-15-11-54-44(62)37-41(58-59-46(64)7-8-47(59)65)38-45(63)55-12-16-71-20-24-75-28-32-79-36-34-77-30-26-73-22-18-69-14-10-43(61)57-49(40(3)4)51(67)53-6/h7-8,39-41,48-49,58H,9-38H2,1-6H3,(H,52,66)(H,53,67)(H,54,62)(H,55,63)(H,56,60)(H,57,61)/t48-,49-/m0/s1. The van der Waals surface area contributed by atoms with Crippen LogP contribution in [0.4, 0.5) is 0 Å². The van der Waals surface area contributed by atoms with E-state index in [1.54, 1.807) is 0 Å². The molecule has 1 aliphatic rings. The van der Waals surface area contributed by atoms with Crippen molar-refractivity contribution in [2.45, 2.75) is 71.5 Å². The van der Waals surface area contributed by atoms with Crippen LogP contribution in [0.3, 0.4) is 0 Å². The summed E-state index contributed by atoms with van der Waals surface area (Å²) in [5.74, 6) is -3.12. The highest BCUT2D eigenvalue weighted by atomic mass is 16.6. The molecule has 1 aliphatic heterocycles. The number of likely N-dealkylation sites (N-methyl/N-ethyl adjacent to an activating group) is 2. The van der Waals surface area contributed by atoms with Gasteiger partial charge in [0.15, 0.2) is 0 Å². The minimum Gasteiger partial charge on any atom is -0.379 e. The van der Waals surface area contributed by atoms with Gasteiger partial charge in [-0.15, -0.1) is 0 Å². The minimum atomic E-state index is -0.876. The number of hydrazine groups is 1. The first-order valence-electron chi connectivity index (χ1n) is 27.0. The van der Waals surface area contributed by atoms with Crippen LogP contribution in [0, 0.1) is 11.8 Å². The van der Waals surface area contributed by atoms with E-state index in [1.807, 2.05) is 27.7 Å². The third-order valence-corrected chi connectivity index (χ3v) is 10.8. The van der Waals surface area contributed by atoms with Gasteiger partial charge in [-0.2, -0.15) is 0 Å². The lowest BCUT2D eigenvalue weighted by Gasteiger charge is -2.23. The molecule has 2 atom stereocenters. The van der Waals surface area contributed by atoms with Crippen LogP contribution in [-0.4, -0.2) is 256 Å². The number of imide groups is 1. The minimum absolute atomic E-state index is 0.0362. The zero-order valence-corrected chi connectivity index (χ0v) is 47.4. The molecular weight excluding hydrogens is 1040 g/mol. The maximum Gasteiger partial charge on any atom is 0.268 e. The number of rotatable bonds is 54. The number of hydrogen-bond acceptors (Lipinski definition) is 21. The number of nitrogens with one attached hydrogen (secondary N) is 7. The van der Waals surface area contributed by atoms with Gasteiger partial charge in [0.05, 0.1) is 159 Å². The van der Waals surface area contributed by atoms with E-state index in [-0.39, 0.29) is 114 Å². The molecule has 28 heteroatoms. The summed E-state index contributed by atoms with van der Waals surface area (Å²) in [4.78, 5) is 97.8. The first-order chi connectivity index (χ1) is 38.2. The second-order valence-electron chi connectivity index (χ2n) is 17.9. The highest BCUT2D eigenvalue weighted by molar-refractivity contribution is 6.12. The summed E-state index contributed by atoms with van der Waals surface area (Å²) in [7, 11) is 3.06. The van der Waals surface area contributed by atoms with Gasteiger partial charge in [0.25, 0.3) is 11.8 Å². The molecule has 0 aliphatic carbocycles. The number of nitrogens with zero attached hydrogens (tertiary/aromatic N) is 1. The molecule has 7 N–H and O–H groups in total. The Bertz CT molecular complexity index is 1600. The molecule has 0 aromatic rings. The Kier molecular flexibility index (Phi) is 44.8. The van der Waals surface area contributed by atoms with Crippen molar-refractivity contribution in [3.05, 3.63) is 12.2 Å². The smallest absolute Gasteiger partial charge is 0.268 e. The predicted molar refractivity (Wildman–Crippen MR) is 284 cm³/mol. The van der Waals surface area contributed by atoms with Crippen molar-refractivity contribution in [3.63, 3.8) is 0 Å². The van der Waals surface area contributed by atoms with Gasteiger partial charge in [-0.1, -0.05) is 27.7 Å². The highest BCUT2D eigenvalue weighted by Gasteiger charge is 2.29. The fraction of sp³-hybridized carbons (Fsp3) is 0.804. The van der Waals surface area contributed by atoms with E-state index >= 15 is 0 Å². The van der Waals surface area contributed by atoms with Crippen molar-refractivity contribution in [2.75, 3.05) is 186 Å². The van der Waals surface area contributed by atoms with Crippen molar-refractivity contribution >= 4 is 47.3 Å². The Morgan fingerprint density at radius 3 is 0.899 bits per heavy atom. The second kappa shape index (κ2) is 49.0. The molecule has 0 saturated carbocycles. The normalized spacial score (nSPS) is 13.1. The zero-order chi connectivity index (χ0) is 58.1. The summed E-state index contributed by atoms with van der Waals surface area (Å²) in [5, 5.41) is 16.7. The maximum atomic E-state index is 12.8. The molecular formula is C51H92N8O20. The van der Waals surface area contributed by atoms with E-state index in [0.717, 1.165) is 17.2 Å². The van der Waals surface area contributed by atoms with Crippen LogP contribution in [0.1, 0.15) is 53.4 Å². The second-order valence-corrected chi connectivity index (χ2v) is 17.9. The van der Waals surface area contributed by atoms with Gasteiger partial charge in [0, 0.05) is 71.1 Å². The lowest BCUT2D eigenvalue weighted by molar-refractivity contribution is -0.143. The molecule has 1 rings (SSSR count). The highest BCUT2D eigenvalue weighted by Crippen LogP contribution is 2.07. The van der Waals surface area contributed by atoms with Crippen molar-refractivity contribution in [1.29, 1.82) is 0 Å². The number of hydrogen-bond donors (Lipinski definition) is 7. The summed E-state index contributed by atoms with van der Waals surface area (Å²) in [6.45, 7) is 15.7. The van der Waals surface area contributed by atoms with Gasteiger partial charge in [0.2, 0.25) is 35.4 Å². The molecule has 0 aromatic heterocycles. The van der Waals surface area contributed by atoms with Crippen molar-refractivity contribution in [3.8, 4) is 0 Å². The quantitative estimate of drug-likeness (QED) is 0.0246. The van der Waals surface area contributed by atoms with Gasteiger partial charge in [-0.05, 0) is 11.8 Å². The average molecular weight is 1140 g/mol. The van der Waals surface area contributed by atoms with Gasteiger partial charge >= 0.3 is 0 Å². The average Bonchev–Trinajstić information content (AvgIpc) is 3.74. The molecule has 28 nitrogen and oxygen atoms in total. The van der Waals surface area contributed by atoms with Crippen LogP contribution in [0.2, 0.25) is 0 Å². The summed E-state index contributed by atoms with van der Waals surface area (Å²) < 4.78 is 65.7. The van der Waals surface area contributed by atoms with Crippen LogP contribution >= 0.6 is 0 Å². The van der Waals surface area contributed by atoms with E-state index in [0.29, 0.717) is 119 Å². The molecule has 0 unspecified atom stereocenters. The van der Waals surface area contributed by atoms with Gasteiger partial charge in [0.1, 0.15) is 12.1 Å². The lowest BCUT2D eigenvalue weighted by atomic mass is 10.0. The van der Waals surface area contributed by atoms with E-state index in [1.165, 1.54) is 14.1 Å². The number of amides is 8. The first kappa shape index (κ1) is 72.2. The van der Waals surface area contributed by atoms with Crippen LogP contribution in [0.15, 0.2) is 12.2 Å². The SMILES string of the molecule is CNC(=O)[C@@H](NC(=O)CCOCCOCCOCCOCCOCCOCCNC(=O)CC(CC(=O)NCCOCCOCCOCCOCCOCCOCCC(=O)N[C@H](C(=O)NC)C(C)C)NN1C(=O)C=CC1=O)C(C)C. The van der Waals surface area contributed by atoms with Crippen LogP contribution < -0.4 is 37.3 Å². The number of ether oxygens (including phenoxy) is 12. The Labute approximate surface area is 465 Å². The lowest BCUT2D eigenvalue weighted by Crippen LogP contribution is -2.51. The molecule has 0 aromatic carbocycles. The third kappa shape index (κ3) is 40.1. The summed E-state index contributed by atoms with van der Waals surface area (Å²) >= 11 is 0. The fourth-order valence-electron chi connectivity index (χ4n) is 6.60. The Morgan fingerprint density at radius 1 is 0.392 bits per heavy atom. The first-order valence-corrected chi connectivity index (χ1v) is 27.0. The Hall–Kier alpha value is -4.82. The molecule has 8 amide bonds. The third-order valence-electron chi connectivity index (χ3n) is 10.8. The molecule has 456 valence electrons. The summed E-state index contributed by atoms with van der Waals surface area (Å²) in [5.41, 5.74) is 2.70. The zero-order valence-electron chi connectivity index (χ0n) is 47.4. The number of carbonyl (C=O) groups excluding carboxylic acids is 8. The van der Waals surface area contributed by atoms with Gasteiger partial charge in [-0.25, -0.2) is 10.4 Å². The van der Waals surface area contributed by atoms with Gasteiger partial charge < -0.3 is 88.7 Å². The fourth-order valence-corrected chi connectivity index (χ4v) is 6.60. The molecule has 0 radical (unpaired) electrons. The molecule has 0 bridgehead atoms. The van der Waals surface area contributed by atoms with E-state index in [4.69, 9.17) is 56.8 Å². The van der Waals surface area contributed by atoms with Gasteiger partial charge in [-0.3, -0.25) is 38.4 Å². The van der Waals surface area contributed by atoms with Crippen LogP contribution in [0.5, 0.6) is 0 Å². The topological polar surface area (TPSA) is 335 Å². The van der Waals surface area contributed by atoms with Crippen LogP contribution in [-0.2, 0) is 95.2 Å². The molecule has 0 spiro atoms. The molecule has 79 heavy (non-hydrogen) atoms. The van der Waals surface area contributed by atoms with Crippen molar-refractivity contribution < 1.29 is 95.2 Å². The molecule has 0 fully saturated rings. The Balaban J connectivity index is 2.01. The Morgan fingerprint density at radius 2 is 0.646 bits per heavy atom. The molecule has 0 saturated heterocycles. The monoisotopic (exact) mass is 1140 g/mol. The van der Waals surface area contributed by atoms with E-state index in [2.05, 4.69) is 37.3 Å². The van der Waals surface area contributed by atoms with E-state index < -0.39 is 41.8 Å². The summed E-state index contributed by atoms with van der Waals surface area (Å²) in [6.07, 6.45) is 2.05. The van der Waals surface area contributed by atoms with E-state index in [9.17, 15) is 38.4 Å². The largest absolute Gasteiger partial charge is 0.379 e. The van der Waals surface area contributed by atoms with Crippen molar-refractivity contribution in [1.82, 2.24) is 42.3 Å². The van der Waals surface area contributed by atoms with Crippen LogP contribution in [0.25, 0.3) is 0 Å². The maximum absolute atomic E-state index is 12.8. The van der Waals surface area contributed by atoms with Crippen molar-refractivity contribution in [2.24, 2.45) is 11.8 Å². The molecule has 1 heterocycles. The number of carbonyl (C=O) groups is 8. The predicted octanol–water partition coefficient (Wildman–Crippen LogP) is -2.45. The summed E-state index contributed by atoms with van der Waals surface area (Å²) in [6, 6.07) is -2.05.